The molecule has 2 aromatic heterocycles. The molecule has 0 spiro atoms. The molecule has 2 aliphatic rings. The third-order valence-electron chi connectivity index (χ3n) is 6.28. The second-order valence-corrected chi connectivity index (χ2v) is 8.74. The summed E-state index contributed by atoms with van der Waals surface area (Å²) in [6.45, 7) is 7.11. The van der Waals surface area contributed by atoms with E-state index >= 15 is 0 Å². The third-order valence-corrected chi connectivity index (χ3v) is 6.59. The summed E-state index contributed by atoms with van der Waals surface area (Å²) in [5.41, 5.74) is 6.01. The Balaban J connectivity index is 1.61. The second kappa shape index (κ2) is 8.00. The average molecular weight is 433 g/mol. The first kappa shape index (κ1) is 20.1. The van der Waals surface area contributed by atoms with E-state index in [0.29, 0.717) is 12.6 Å². The number of benzene rings is 1. The first-order valence-corrected chi connectivity index (χ1v) is 11.4. The molecule has 3 heterocycles. The van der Waals surface area contributed by atoms with E-state index in [2.05, 4.69) is 57.9 Å². The topological polar surface area (TPSA) is 42.3 Å². The molecule has 5 rings (SSSR count). The van der Waals surface area contributed by atoms with Gasteiger partial charge in [-0.25, -0.2) is 0 Å². The van der Waals surface area contributed by atoms with Crippen molar-refractivity contribution in [2.75, 3.05) is 11.5 Å². The SMILES string of the molecule is CCOc1ccc(N2C(=S)N[C@H](c3ccccn3)[C@H]2c2cc(C)n(C3CC3)c2C)cc1. The van der Waals surface area contributed by atoms with Crippen LogP contribution in [0.3, 0.4) is 0 Å². The van der Waals surface area contributed by atoms with Crippen LogP contribution in [0, 0.1) is 13.8 Å². The predicted molar refractivity (Wildman–Crippen MR) is 128 cm³/mol. The van der Waals surface area contributed by atoms with Crippen LogP contribution in [0.2, 0.25) is 0 Å². The molecule has 1 saturated heterocycles. The van der Waals surface area contributed by atoms with Crippen molar-refractivity contribution in [3.8, 4) is 5.75 Å². The zero-order valence-corrected chi connectivity index (χ0v) is 19.0. The third kappa shape index (κ3) is 3.59. The highest BCUT2D eigenvalue weighted by atomic mass is 32.1. The van der Waals surface area contributed by atoms with Crippen molar-refractivity contribution in [2.24, 2.45) is 0 Å². The molecule has 1 aliphatic heterocycles. The van der Waals surface area contributed by atoms with Crippen LogP contribution < -0.4 is 15.0 Å². The van der Waals surface area contributed by atoms with Gasteiger partial charge >= 0.3 is 0 Å². The molecule has 0 amide bonds. The Morgan fingerprint density at radius 1 is 1.13 bits per heavy atom. The molecule has 1 saturated carbocycles. The maximum absolute atomic E-state index is 5.86. The lowest BCUT2D eigenvalue weighted by Crippen LogP contribution is -2.29. The molecular formula is C25H28N4OS. The van der Waals surface area contributed by atoms with Gasteiger partial charge in [-0.3, -0.25) is 4.98 Å². The highest BCUT2D eigenvalue weighted by Gasteiger charge is 2.42. The Kier molecular flexibility index (Phi) is 5.18. The summed E-state index contributed by atoms with van der Waals surface area (Å²) in [5.74, 6) is 0.870. The summed E-state index contributed by atoms with van der Waals surface area (Å²) >= 11 is 5.86. The molecular weight excluding hydrogens is 404 g/mol. The Hall–Kier alpha value is -2.86. The normalized spacial score (nSPS) is 20.7. The van der Waals surface area contributed by atoms with Gasteiger partial charge in [-0.2, -0.15) is 0 Å². The van der Waals surface area contributed by atoms with Crippen molar-refractivity contribution in [3.63, 3.8) is 0 Å². The first-order valence-electron chi connectivity index (χ1n) is 11.0. The van der Waals surface area contributed by atoms with Gasteiger partial charge in [-0.1, -0.05) is 6.07 Å². The molecule has 1 aliphatic carbocycles. The van der Waals surface area contributed by atoms with Crippen LogP contribution in [0.15, 0.2) is 54.7 Å². The van der Waals surface area contributed by atoms with E-state index in [1.165, 1.54) is 29.8 Å². The van der Waals surface area contributed by atoms with Crippen LogP contribution in [-0.2, 0) is 0 Å². The lowest BCUT2D eigenvalue weighted by molar-refractivity contribution is 0.340. The van der Waals surface area contributed by atoms with E-state index in [-0.39, 0.29) is 12.1 Å². The van der Waals surface area contributed by atoms with Gasteiger partial charge < -0.3 is 19.5 Å². The van der Waals surface area contributed by atoms with E-state index in [1.807, 2.05) is 37.4 Å². The minimum atomic E-state index is -0.0200. The molecule has 31 heavy (non-hydrogen) atoms. The minimum Gasteiger partial charge on any atom is -0.494 e. The molecule has 1 N–H and O–H groups in total. The zero-order chi connectivity index (χ0) is 21.5. The highest BCUT2D eigenvalue weighted by Crippen LogP contribution is 2.46. The lowest BCUT2D eigenvalue weighted by atomic mass is 9.96. The van der Waals surface area contributed by atoms with Crippen molar-refractivity contribution in [1.29, 1.82) is 0 Å². The van der Waals surface area contributed by atoms with Crippen molar-refractivity contribution in [3.05, 3.63) is 77.4 Å². The fraction of sp³-hybridized carbons (Fsp3) is 0.360. The van der Waals surface area contributed by atoms with Crippen molar-refractivity contribution < 1.29 is 4.74 Å². The monoisotopic (exact) mass is 432 g/mol. The Morgan fingerprint density at radius 2 is 1.90 bits per heavy atom. The van der Waals surface area contributed by atoms with Gasteiger partial charge in [0.2, 0.25) is 0 Å². The number of hydrogen-bond acceptors (Lipinski definition) is 3. The highest BCUT2D eigenvalue weighted by molar-refractivity contribution is 7.80. The summed E-state index contributed by atoms with van der Waals surface area (Å²) in [6.07, 6.45) is 4.39. The number of aromatic nitrogens is 2. The molecule has 1 aromatic carbocycles. The van der Waals surface area contributed by atoms with E-state index in [4.69, 9.17) is 17.0 Å². The van der Waals surface area contributed by atoms with E-state index in [0.717, 1.165) is 22.2 Å². The molecule has 0 bridgehead atoms. The Labute approximate surface area is 189 Å². The number of pyridine rings is 1. The molecule has 6 heteroatoms. The molecule has 5 nitrogen and oxygen atoms in total. The number of rotatable bonds is 6. The van der Waals surface area contributed by atoms with Gasteiger partial charge in [0.05, 0.1) is 24.4 Å². The zero-order valence-electron chi connectivity index (χ0n) is 18.2. The van der Waals surface area contributed by atoms with Crippen LogP contribution in [0.4, 0.5) is 5.69 Å². The van der Waals surface area contributed by atoms with Crippen LogP contribution in [0.25, 0.3) is 0 Å². The largest absolute Gasteiger partial charge is 0.494 e. The molecule has 2 atom stereocenters. The van der Waals surface area contributed by atoms with Crippen LogP contribution >= 0.6 is 12.2 Å². The second-order valence-electron chi connectivity index (χ2n) is 8.35. The van der Waals surface area contributed by atoms with Crippen molar-refractivity contribution >= 4 is 23.0 Å². The standard InChI is InChI=1S/C25H28N4OS/c1-4-30-20-12-10-19(11-13-20)29-24(21-15-16(2)28(17(21)3)18-8-9-18)23(27-25(29)31)22-7-5-6-14-26-22/h5-7,10-15,18,23-24H,4,8-9H2,1-3H3,(H,27,31)/t23-,24-/m1/s1. The van der Waals surface area contributed by atoms with Gasteiger partial charge in [0.1, 0.15) is 5.75 Å². The molecule has 0 unspecified atom stereocenters. The Morgan fingerprint density at radius 3 is 2.55 bits per heavy atom. The van der Waals surface area contributed by atoms with Gasteiger partial charge in [0, 0.05) is 29.3 Å². The molecule has 0 radical (unpaired) electrons. The summed E-state index contributed by atoms with van der Waals surface area (Å²) in [5, 5.41) is 4.29. The summed E-state index contributed by atoms with van der Waals surface area (Å²) in [6, 6.07) is 17.3. The van der Waals surface area contributed by atoms with Gasteiger partial charge in [-0.05, 0) is 93.9 Å². The van der Waals surface area contributed by atoms with E-state index < -0.39 is 0 Å². The molecule has 160 valence electrons. The van der Waals surface area contributed by atoms with Gasteiger partial charge in [0.25, 0.3) is 0 Å². The maximum Gasteiger partial charge on any atom is 0.174 e. The number of anilines is 1. The van der Waals surface area contributed by atoms with Crippen LogP contribution in [0.5, 0.6) is 5.75 Å². The minimum absolute atomic E-state index is 0.0200. The fourth-order valence-electron chi connectivity index (χ4n) is 4.82. The fourth-order valence-corrected chi connectivity index (χ4v) is 5.16. The van der Waals surface area contributed by atoms with Crippen LogP contribution in [-0.4, -0.2) is 21.3 Å². The smallest absolute Gasteiger partial charge is 0.174 e. The van der Waals surface area contributed by atoms with Crippen LogP contribution in [0.1, 0.15) is 60.5 Å². The number of aryl methyl sites for hydroxylation is 1. The average Bonchev–Trinajstić information content (AvgIpc) is 3.49. The number of nitrogens with zero attached hydrogens (tertiary/aromatic N) is 3. The predicted octanol–water partition coefficient (Wildman–Crippen LogP) is 5.41. The van der Waals surface area contributed by atoms with Crippen molar-refractivity contribution in [1.82, 2.24) is 14.9 Å². The first-order chi connectivity index (χ1) is 15.1. The maximum atomic E-state index is 5.86. The quantitative estimate of drug-likeness (QED) is 0.528. The van der Waals surface area contributed by atoms with Gasteiger partial charge in [-0.15, -0.1) is 0 Å². The molecule has 2 fully saturated rings. The lowest BCUT2D eigenvalue weighted by Gasteiger charge is -2.28. The summed E-state index contributed by atoms with van der Waals surface area (Å²) in [7, 11) is 0. The van der Waals surface area contributed by atoms with E-state index in [1.54, 1.807) is 0 Å². The number of hydrogen-bond donors (Lipinski definition) is 1. The number of ether oxygens (including phenoxy) is 1. The number of thiocarbonyl (C=S) groups is 1. The van der Waals surface area contributed by atoms with Gasteiger partial charge in [0.15, 0.2) is 5.11 Å². The molecule has 3 aromatic rings. The van der Waals surface area contributed by atoms with E-state index in [9.17, 15) is 0 Å². The number of nitrogens with one attached hydrogen (secondary N) is 1. The van der Waals surface area contributed by atoms with Crippen molar-refractivity contribution in [2.45, 2.75) is 51.7 Å². The summed E-state index contributed by atoms with van der Waals surface area (Å²) < 4.78 is 8.15. The summed E-state index contributed by atoms with van der Waals surface area (Å²) in [4.78, 5) is 6.91. The Bertz CT molecular complexity index is 1090.